The van der Waals surface area contributed by atoms with Gasteiger partial charge >= 0.3 is 0 Å². The van der Waals surface area contributed by atoms with Gasteiger partial charge in [0.15, 0.2) is 0 Å². The van der Waals surface area contributed by atoms with Crippen LogP contribution >= 0.6 is 11.6 Å². The molecule has 198 valence electrons. The number of aromatic nitrogens is 2. The topological polar surface area (TPSA) is 128 Å². The van der Waals surface area contributed by atoms with Gasteiger partial charge in [-0.25, -0.2) is 13.4 Å². The number of ether oxygens (including phenoxy) is 2. The van der Waals surface area contributed by atoms with Crippen molar-refractivity contribution in [3.05, 3.63) is 77.0 Å². The summed E-state index contributed by atoms with van der Waals surface area (Å²) in [6, 6.07) is 13.1. The van der Waals surface area contributed by atoms with Gasteiger partial charge < -0.3 is 20.2 Å². The van der Waals surface area contributed by atoms with Crippen LogP contribution in [0.25, 0.3) is 22.0 Å². The van der Waals surface area contributed by atoms with Gasteiger partial charge in [-0.1, -0.05) is 17.7 Å². The van der Waals surface area contributed by atoms with E-state index in [9.17, 15) is 17.6 Å². The molecule has 1 aliphatic heterocycles. The number of hydrogen-bond acceptors (Lipinski definition) is 6. The van der Waals surface area contributed by atoms with E-state index in [-0.39, 0.29) is 42.3 Å². The monoisotopic (exact) mass is 558 g/mol. The summed E-state index contributed by atoms with van der Waals surface area (Å²) in [5, 5.41) is 0.617. The number of carbonyl (C=O) groups excluding carboxylic acids is 1. The Morgan fingerprint density at radius 3 is 2.79 bits per heavy atom. The summed E-state index contributed by atoms with van der Waals surface area (Å²) in [5.41, 5.74) is 8.30. The molecule has 4 aromatic rings. The van der Waals surface area contributed by atoms with Crippen molar-refractivity contribution in [3.8, 4) is 16.9 Å². The average Bonchev–Trinajstić information content (AvgIpc) is 3.28. The lowest BCUT2D eigenvalue weighted by molar-refractivity contribution is -0.0249. The van der Waals surface area contributed by atoms with Gasteiger partial charge in [0.05, 0.1) is 6.61 Å². The first kappa shape index (κ1) is 26.1. The smallest absolute Gasteiger partial charge is 0.266 e. The van der Waals surface area contributed by atoms with E-state index >= 15 is 0 Å². The Morgan fingerprint density at radius 1 is 1.26 bits per heavy atom. The number of nitrogens with two attached hydrogens (primary N) is 1. The highest BCUT2D eigenvalue weighted by atomic mass is 35.5. The molecule has 38 heavy (non-hydrogen) atoms. The van der Waals surface area contributed by atoms with E-state index in [1.165, 1.54) is 22.6 Å². The van der Waals surface area contributed by atoms with Crippen molar-refractivity contribution in [2.24, 2.45) is 5.73 Å². The molecule has 1 saturated heterocycles. The summed E-state index contributed by atoms with van der Waals surface area (Å²) in [7, 11) is -4.13. The standard InChI is InChI=1S/C26H24ClFN4O5S/c1-15-10-18(4-5-20(15)16-2-7-23(28)30-12-16)37-14-19-13-32(8-9-36-19)38(34,35)25-21-11-17(27)3-6-22(21)31-24(25)26(29)33/h2-7,10-12,19,31H,8-9,13-14H2,1H3,(H2,29,33)/t19-/m0/s1. The first-order chi connectivity index (χ1) is 18.1. The molecule has 12 heteroatoms. The molecule has 9 nitrogen and oxygen atoms in total. The molecule has 0 bridgehead atoms. The van der Waals surface area contributed by atoms with E-state index < -0.39 is 28.0 Å². The maximum atomic E-state index is 13.7. The number of benzene rings is 2. The summed E-state index contributed by atoms with van der Waals surface area (Å²) in [4.78, 5) is 18.4. The van der Waals surface area contributed by atoms with Crippen LogP contribution in [0.2, 0.25) is 5.02 Å². The fourth-order valence-electron chi connectivity index (χ4n) is 4.50. The maximum absolute atomic E-state index is 13.7. The molecule has 2 aromatic carbocycles. The van der Waals surface area contributed by atoms with Crippen LogP contribution < -0.4 is 10.5 Å². The zero-order chi connectivity index (χ0) is 27.0. The number of morpholine rings is 1. The molecule has 0 unspecified atom stereocenters. The number of fused-ring (bicyclic) bond motifs is 1. The van der Waals surface area contributed by atoms with Crippen LogP contribution in [-0.2, 0) is 14.8 Å². The van der Waals surface area contributed by atoms with Crippen molar-refractivity contribution in [1.29, 1.82) is 0 Å². The van der Waals surface area contributed by atoms with Gasteiger partial charge in [0.2, 0.25) is 16.0 Å². The highest BCUT2D eigenvalue weighted by molar-refractivity contribution is 7.89. The molecule has 3 N–H and O–H groups in total. The van der Waals surface area contributed by atoms with Crippen LogP contribution in [0.5, 0.6) is 5.75 Å². The quantitative estimate of drug-likeness (QED) is 0.331. The Balaban J connectivity index is 1.32. The van der Waals surface area contributed by atoms with E-state index in [1.54, 1.807) is 24.3 Å². The lowest BCUT2D eigenvalue weighted by atomic mass is 10.0. The third-order valence-electron chi connectivity index (χ3n) is 6.33. The van der Waals surface area contributed by atoms with Crippen molar-refractivity contribution in [2.45, 2.75) is 17.9 Å². The number of aryl methyl sites for hydroxylation is 1. The number of sulfonamides is 1. The second-order valence-corrected chi connectivity index (χ2v) is 11.2. The van der Waals surface area contributed by atoms with Crippen LogP contribution in [0.4, 0.5) is 4.39 Å². The minimum atomic E-state index is -4.13. The van der Waals surface area contributed by atoms with E-state index in [0.29, 0.717) is 16.3 Å². The number of rotatable bonds is 7. The number of hydrogen-bond donors (Lipinski definition) is 2. The van der Waals surface area contributed by atoms with Crippen molar-refractivity contribution in [3.63, 3.8) is 0 Å². The number of H-pyrrole nitrogens is 1. The normalized spacial score (nSPS) is 16.6. The summed E-state index contributed by atoms with van der Waals surface area (Å²) in [5.74, 6) is -0.860. The van der Waals surface area contributed by atoms with Gasteiger partial charge in [0, 0.05) is 40.8 Å². The van der Waals surface area contributed by atoms with Gasteiger partial charge in [-0.3, -0.25) is 4.79 Å². The van der Waals surface area contributed by atoms with Gasteiger partial charge in [0.25, 0.3) is 5.91 Å². The second kappa shape index (κ2) is 10.3. The zero-order valence-electron chi connectivity index (χ0n) is 20.3. The van der Waals surface area contributed by atoms with Crippen LogP contribution in [-0.4, -0.2) is 61.0 Å². The number of nitrogens with zero attached hydrogens (tertiary/aromatic N) is 2. The molecule has 0 saturated carbocycles. The molecule has 0 spiro atoms. The van der Waals surface area contributed by atoms with Crippen molar-refractivity contribution in [2.75, 3.05) is 26.3 Å². The molecule has 3 heterocycles. The van der Waals surface area contributed by atoms with Crippen LogP contribution in [0.3, 0.4) is 0 Å². The number of aromatic amines is 1. The number of halogens is 2. The first-order valence-corrected chi connectivity index (χ1v) is 13.5. The van der Waals surface area contributed by atoms with Gasteiger partial charge in [0.1, 0.15) is 29.0 Å². The van der Waals surface area contributed by atoms with E-state index in [1.807, 2.05) is 19.1 Å². The highest BCUT2D eigenvalue weighted by Gasteiger charge is 2.36. The Bertz CT molecular complexity index is 1620. The molecule has 0 radical (unpaired) electrons. The predicted octanol–water partition coefficient (Wildman–Crippen LogP) is 3.90. The fraction of sp³-hybridized carbons (Fsp3) is 0.231. The van der Waals surface area contributed by atoms with Gasteiger partial charge in [-0.15, -0.1) is 0 Å². The Morgan fingerprint density at radius 2 is 2.08 bits per heavy atom. The van der Waals surface area contributed by atoms with Crippen LogP contribution in [0.15, 0.2) is 59.6 Å². The third-order valence-corrected chi connectivity index (χ3v) is 8.52. The van der Waals surface area contributed by atoms with Crippen molar-refractivity contribution in [1.82, 2.24) is 14.3 Å². The number of carbonyl (C=O) groups is 1. The number of primary amides is 1. The van der Waals surface area contributed by atoms with E-state index in [4.69, 9.17) is 26.8 Å². The highest BCUT2D eigenvalue weighted by Crippen LogP contribution is 2.32. The molecule has 2 aromatic heterocycles. The lowest BCUT2D eigenvalue weighted by Crippen LogP contribution is -2.47. The second-order valence-electron chi connectivity index (χ2n) is 8.90. The first-order valence-electron chi connectivity index (χ1n) is 11.7. The number of pyridine rings is 1. The largest absolute Gasteiger partial charge is 0.491 e. The fourth-order valence-corrected chi connectivity index (χ4v) is 6.46. The number of amides is 1. The average molecular weight is 559 g/mol. The summed E-state index contributed by atoms with van der Waals surface area (Å²) in [6.07, 6.45) is 0.916. The number of nitrogens with one attached hydrogen (secondary N) is 1. The third kappa shape index (κ3) is 5.10. The molecular formula is C26H24ClFN4O5S. The molecule has 0 aliphatic carbocycles. The summed E-state index contributed by atoms with van der Waals surface area (Å²) < 4.78 is 53.5. The minimum absolute atomic E-state index is 0.0199. The zero-order valence-corrected chi connectivity index (χ0v) is 21.9. The SMILES string of the molecule is Cc1cc(OC[C@@H]2CN(S(=O)(=O)c3c(C(N)=O)[nH]c4ccc(Cl)cc34)CCO2)ccc1-c1ccc(F)nc1. The Kier molecular flexibility index (Phi) is 7.10. The molecule has 5 rings (SSSR count). The van der Waals surface area contributed by atoms with E-state index in [0.717, 1.165) is 16.7 Å². The minimum Gasteiger partial charge on any atom is -0.491 e. The van der Waals surface area contributed by atoms with Crippen molar-refractivity contribution < 1.29 is 27.1 Å². The van der Waals surface area contributed by atoms with E-state index in [2.05, 4.69) is 9.97 Å². The van der Waals surface area contributed by atoms with Crippen molar-refractivity contribution >= 4 is 38.4 Å². The van der Waals surface area contributed by atoms with Crippen LogP contribution in [0.1, 0.15) is 16.1 Å². The van der Waals surface area contributed by atoms with Crippen LogP contribution in [0, 0.1) is 12.9 Å². The van der Waals surface area contributed by atoms with Gasteiger partial charge in [-0.2, -0.15) is 8.70 Å². The molecule has 1 amide bonds. The molecule has 1 atom stereocenters. The molecule has 1 aliphatic rings. The Labute approximate surface area is 223 Å². The summed E-state index contributed by atoms with van der Waals surface area (Å²) in [6.45, 7) is 2.28. The molecular weight excluding hydrogens is 535 g/mol. The molecule has 1 fully saturated rings. The lowest BCUT2D eigenvalue weighted by Gasteiger charge is -2.32. The predicted molar refractivity (Wildman–Crippen MR) is 140 cm³/mol. The summed E-state index contributed by atoms with van der Waals surface area (Å²) >= 11 is 6.11. The Hall–Kier alpha value is -3.51. The maximum Gasteiger partial charge on any atom is 0.266 e. The van der Waals surface area contributed by atoms with Gasteiger partial charge in [-0.05, 0) is 60.5 Å².